The van der Waals surface area contributed by atoms with Crippen molar-refractivity contribution in [3.05, 3.63) is 23.3 Å². The standard InChI is InChI=1S/C17H24O3/c1-5-19-16-17(9-12(18)6-10(2)3)13-8-14(17)15(20-16)7-11(13)4/h6-7,13-16H,5,8-9H2,1-4H3/t13-,14+,15-,16+,17+/m1/s1. The molecule has 1 aliphatic heterocycles. The Bertz CT molecular complexity index is 486. The summed E-state index contributed by atoms with van der Waals surface area (Å²) < 4.78 is 11.9. The molecule has 1 heterocycles. The van der Waals surface area contributed by atoms with Gasteiger partial charge in [-0.25, -0.2) is 0 Å². The topological polar surface area (TPSA) is 35.5 Å². The molecular weight excluding hydrogens is 252 g/mol. The molecule has 1 saturated heterocycles. The Hall–Kier alpha value is -0.930. The van der Waals surface area contributed by atoms with Crippen LogP contribution in [0.5, 0.6) is 0 Å². The number of hydrogen-bond donors (Lipinski definition) is 0. The summed E-state index contributed by atoms with van der Waals surface area (Å²) in [6.07, 6.45) is 5.64. The molecule has 3 heteroatoms. The van der Waals surface area contributed by atoms with Gasteiger partial charge in [0.05, 0.1) is 6.10 Å². The van der Waals surface area contributed by atoms with E-state index >= 15 is 0 Å². The maximum Gasteiger partial charge on any atom is 0.165 e. The number of carbonyl (C=O) groups is 1. The van der Waals surface area contributed by atoms with Crippen molar-refractivity contribution in [3.8, 4) is 0 Å². The van der Waals surface area contributed by atoms with Gasteiger partial charge < -0.3 is 9.47 Å². The predicted octanol–water partition coefficient (Wildman–Crippen LogP) is 3.26. The van der Waals surface area contributed by atoms with Gasteiger partial charge in [0.2, 0.25) is 0 Å². The molecule has 0 unspecified atom stereocenters. The summed E-state index contributed by atoms with van der Waals surface area (Å²) in [5.41, 5.74) is 2.33. The number of carbonyl (C=O) groups excluding carboxylic acids is 1. The SMILES string of the molecule is CCO[C@H]1O[C@@H]2C=C(C)[C@H]3C[C@@H]2[C@@]13CC(=O)C=C(C)C. The molecule has 3 aliphatic carbocycles. The molecule has 0 aromatic heterocycles. The first-order valence-electron chi connectivity index (χ1n) is 7.62. The van der Waals surface area contributed by atoms with Crippen molar-refractivity contribution >= 4 is 5.78 Å². The number of ether oxygens (including phenoxy) is 2. The fourth-order valence-electron chi connectivity index (χ4n) is 4.43. The molecule has 0 aromatic carbocycles. The third-order valence-electron chi connectivity index (χ3n) is 5.17. The fraction of sp³-hybridized carbons (Fsp3) is 0.706. The van der Waals surface area contributed by atoms with Gasteiger partial charge in [-0.15, -0.1) is 0 Å². The van der Waals surface area contributed by atoms with Gasteiger partial charge in [0.25, 0.3) is 0 Å². The number of rotatable bonds is 5. The van der Waals surface area contributed by atoms with Crippen molar-refractivity contribution in [2.24, 2.45) is 17.3 Å². The minimum Gasteiger partial charge on any atom is -0.352 e. The summed E-state index contributed by atoms with van der Waals surface area (Å²) in [6.45, 7) is 8.73. The summed E-state index contributed by atoms with van der Waals surface area (Å²) in [7, 11) is 0. The van der Waals surface area contributed by atoms with E-state index in [-0.39, 0.29) is 23.6 Å². The molecule has 0 radical (unpaired) electrons. The highest BCUT2D eigenvalue weighted by molar-refractivity contribution is 5.91. The molecule has 5 atom stereocenters. The Morgan fingerprint density at radius 2 is 2.30 bits per heavy atom. The molecule has 20 heavy (non-hydrogen) atoms. The van der Waals surface area contributed by atoms with Crippen LogP contribution in [-0.2, 0) is 14.3 Å². The van der Waals surface area contributed by atoms with E-state index in [0.29, 0.717) is 24.9 Å². The molecule has 110 valence electrons. The maximum atomic E-state index is 12.3. The molecule has 0 N–H and O–H groups in total. The Labute approximate surface area is 121 Å². The molecule has 3 nitrogen and oxygen atoms in total. The molecule has 4 rings (SSSR count). The van der Waals surface area contributed by atoms with Gasteiger partial charge >= 0.3 is 0 Å². The van der Waals surface area contributed by atoms with Gasteiger partial charge in [0.15, 0.2) is 12.1 Å². The van der Waals surface area contributed by atoms with Gasteiger partial charge in [-0.3, -0.25) is 4.79 Å². The van der Waals surface area contributed by atoms with Gasteiger partial charge in [-0.05, 0) is 46.1 Å². The van der Waals surface area contributed by atoms with Gasteiger partial charge in [0.1, 0.15) is 0 Å². The zero-order chi connectivity index (χ0) is 14.5. The molecule has 0 spiro atoms. The first-order chi connectivity index (χ1) is 9.49. The summed E-state index contributed by atoms with van der Waals surface area (Å²) >= 11 is 0. The highest BCUT2D eigenvalue weighted by Gasteiger charge is 2.70. The Morgan fingerprint density at radius 3 is 2.90 bits per heavy atom. The largest absolute Gasteiger partial charge is 0.352 e. The van der Waals surface area contributed by atoms with Crippen molar-refractivity contribution in [3.63, 3.8) is 0 Å². The molecule has 0 aromatic rings. The van der Waals surface area contributed by atoms with Crippen LogP contribution in [0.2, 0.25) is 0 Å². The van der Waals surface area contributed by atoms with Crippen molar-refractivity contribution in [2.75, 3.05) is 6.61 Å². The second-order valence-corrected chi connectivity index (χ2v) is 6.67. The van der Waals surface area contributed by atoms with Crippen LogP contribution in [0.15, 0.2) is 23.3 Å². The van der Waals surface area contributed by atoms with E-state index in [1.807, 2.05) is 20.8 Å². The van der Waals surface area contributed by atoms with E-state index < -0.39 is 0 Å². The molecular formula is C17H24O3. The maximum absolute atomic E-state index is 12.3. The highest BCUT2D eigenvalue weighted by Crippen LogP contribution is 2.68. The van der Waals surface area contributed by atoms with E-state index in [2.05, 4.69) is 13.0 Å². The Morgan fingerprint density at radius 1 is 1.55 bits per heavy atom. The van der Waals surface area contributed by atoms with E-state index in [1.165, 1.54) is 5.57 Å². The first kappa shape index (κ1) is 14.0. The first-order valence-corrected chi connectivity index (χ1v) is 7.62. The van der Waals surface area contributed by atoms with Crippen LogP contribution < -0.4 is 0 Å². The van der Waals surface area contributed by atoms with Gasteiger partial charge in [0, 0.05) is 24.4 Å². The average Bonchev–Trinajstić information content (AvgIpc) is 2.46. The third kappa shape index (κ3) is 1.83. The zero-order valence-electron chi connectivity index (χ0n) is 12.8. The van der Waals surface area contributed by atoms with Crippen molar-refractivity contribution in [1.82, 2.24) is 0 Å². The van der Waals surface area contributed by atoms with E-state index in [0.717, 1.165) is 12.0 Å². The lowest BCUT2D eigenvalue weighted by atomic mass is 9.46. The van der Waals surface area contributed by atoms with Crippen LogP contribution in [-0.4, -0.2) is 24.8 Å². The molecule has 0 amide bonds. The number of hydrogen-bond acceptors (Lipinski definition) is 3. The second kappa shape index (κ2) is 4.81. The molecule has 2 fully saturated rings. The summed E-state index contributed by atoms with van der Waals surface area (Å²) in [5.74, 6) is 1.13. The van der Waals surface area contributed by atoms with Crippen molar-refractivity contribution in [1.29, 1.82) is 0 Å². The minimum absolute atomic E-state index is 0.109. The fourth-order valence-corrected chi connectivity index (χ4v) is 4.43. The number of allylic oxidation sites excluding steroid dienone is 3. The van der Waals surface area contributed by atoms with Crippen LogP contribution in [0.4, 0.5) is 0 Å². The van der Waals surface area contributed by atoms with Gasteiger partial charge in [-0.2, -0.15) is 0 Å². The smallest absolute Gasteiger partial charge is 0.165 e. The zero-order valence-corrected chi connectivity index (χ0v) is 12.8. The van der Waals surface area contributed by atoms with Crippen molar-refractivity contribution in [2.45, 2.75) is 52.9 Å². The summed E-state index contributed by atoms with van der Waals surface area (Å²) in [6, 6.07) is 0. The van der Waals surface area contributed by atoms with E-state index in [9.17, 15) is 4.79 Å². The third-order valence-corrected chi connectivity index (χ3v) is 5.17. The molecule has 1 saturated carbocycles. The molecule has 4 bridgehead atoms. The van der Waals surface area contributed by atoms with Crippen LogP contribution in [0.25, 0.3) is 0 Å². The second-order valence-electron chi connectivity index (χ2n) is 6.67. The Balaban J connectivity index is 1.89. The average molecular weight is 276 g/mol. The van der Waals surface area contributed by atoms with Crippen molar-refractivity contribution < 1.29 is 14.3 Å². The van der Waals surface area contributed by atoms with Crippen LogP contribution in [0.1, 0.15) is 40.5 Å². The minimum atomic E-state index is -0.218. The monoisotopic (exact) mass is 276 g/mol. The Kier molecular flexibility index (Phi) is 3.38. The summed E-state index contributed by atoms with van der Waals surface area (Å²) in [4.78, 5) is 12.3. The molecule has 4 aliphatic rings. The van der Waals surface area contributed by atoms with Crippen LogP contribution >= 0.6 is 0 Å². The lowest BCUT2D eigenvalue weighted by Crippen LogP contribution is -2.57. The highest BCUT2D eigenvalue weighted by atomic mass is 16.7. The van der Waals surface area contributed by atoms with E-state index in [1.54, 1.807) is 6.08 Å². The van der Waals surface area contributed by atoms with Crippen LogP contribution in [0.3, 0.4) is 0 Å². The number of ketones is 1. The van der Waals surface area contributed by atoms with Gasteiger partial charge in [-0.1, -0.05) is 17.2 Å². The van der Waals surface area contributed by atoms with Crippen LogP contribution in [0, 0.1) is 17.3 Å². The lowest BCUT2D eigenvalue weighted by Gasteiger charge is -2.56. The quantitative estimate of drug-likeness (QED) is 0.571. The summed E-state index contributed by atoms with van der Waals surface area (Å²) in [5, 5.41) is 0. The normalized spacial score (nSPS) is 40.9. The lowest BCUT2D eigenvalue weighted by molar-refractivity contribution is -0.193. The van der Waals surface area contributed by atoms with E-state index in [4.69, 9.17) is 9.47 Å². The predicted molar refractivity (Wildman–Crippen MR) is 77.1 cm³/mol.